The second kappa shape index (κ2) is 20.9. The minimum absolute atomic E-state index is 0.0122. The highest BCUT2D eigenvalue weighted by Crippen LogP contribution is 2.70. The molecule has 0 unspecified atom stereocenters. The monoisotopic (exact) mass is 1220 g/mol. The first-order valence-electron chi connectivity index (χ1n) is 28.8. The maximum Gasteiger partial charge on any atom is 0.518 e. The van der Waals surface area contributed by atoms with E-state index in [9.17, 15) is 8.42 Å². The molecule has 0 fully saturated rings. The molecule has 8 nitrogen and oxygen atoms in total. The van der Waals surface area contributed by atoms with Crippen LogP contribution in [-0.4, -0.2) is 20.2 Å². The number of halogens is 3. The second-order valence-corrected chi connectivity index (χ2v) is 29.5. The molecule has 12 aromatic carbocycles. The predicted molar refractivity (Wildman–Crippen MR) is 357 cm³/mol. The van der Waals surface area contributed by atoms with Gasteiger partial charge in [0.1, 0.15) is 23.0 Å². The van der Waals surface area contributed by atoms with Crippen LogP contribution in [0, 0.1) is 55.4 Å². The van der Waals surface area contributed by atoms with Crippen molar-refractivity contribution in [1.82, 2.24) is 4.86 Å². The molecule has 1 N–H and O–H groups in total. The quantitative estimate of drug-likeness (QED) is 0.159. The molecule has 12 aromatic rings. The van der Waals surface area contributed by atoms with Crippen LogP contribution >= 0.6 is 15.1 Å². The topological polar surface area (TPSA) is 95.5 Å². The van der Waals surface area contributed by atoms with Gasteiger partial charge in [-0.25, -0.2) is 0 Å². The van der Waals surface area contributed by atoms with Crippen LogP contribution in [0.2, 0.25) is 0 Å². The molecule has 0 saturated heterocycles. The Labute approximate surface area is 509 Å². The number of benzene rings is 12. The van der Waals surface area contributed by atoms with E-state index in [1.54, 1.807) is 0 Å². The first-order chi connectivity index (χ1) is 42.0. The molecule has 14 rings (SSSR count). The van der Waals surface area contributed by atoms with Crippen molar-refractivity contribution >= 4 is 74.6 Å². The van der Waals surface area contributed by atoms with Crippen molar-refractivity contribution in [3.63, 3.8) is 0 Å². The van der Waals surface area contributed by atoms with E-state index in [2.05, 4.69) is 45.4 Å². The van der Waals surface area contributed by atoms with Gasteiger partial charge >= 0.3 is 23.2 Å². The Morgan fingerprint density at radius 2 is 0.614 bits per heavy atom. The number of sulfonamides is 1. The lowest BCUT2D eigenvalue weighted by Crippen LogP contribution is -2.26. The van der Waals surface area contributed by atoms with Crippen LogP contribution < -0.4 is 23.0 Å². The molecule has 2 aliphatic rings. The fourth-order valence-electron chi connectivity index (χ4n) is 13.2. The van der Waals surface area contributed by atoms with Crippen LogP contribution in [-0.2, 0) is 10.0 Å². The summed E-state index contributed by atoms with van der Waals surface area (Å²) in [5.41, 5.74) is 8.56. The van der Waals surface area contributed by atoms with Crippen LogP contribution in [0.5, 0.6) is 23.0 Å². The third kappa shape index (κ3) is 9.93. The van der Waals surface area contributed by atoms with Gasteiger partial charge in [0.05, 0.1) is 0 Å². The standard InChI is InChI=1S/C74H59F3N2O6P2S/c1-42-26-43(2)31-54(30-42)62-38-50-18-10-14-22-58(50)66-67-59-23-15-11-19-51(59)39-63(55-32-44(3)27-45(4)33-55)71(67)83-86(9,82-70(62)66)78-87(79-88(80,81)74(75,76)77)84-72-64(56-34-46(5)28-47(6)35-56)40-52-20-12-16-24-60(52)68(72)69-61-25-17-13-21-53(61)41-65(73(69)85-87)57-36-48(7)29-49(8)37-57/h10-41,78H,9H2,1-8H3. The minimum atomic E-state index is -6.59. The van der Waals surface area contributed by atoms with Gasteiger partial charge in [-0.1, -0.05) is 219 Å². The zero-order chi connectivity index (χ0) is 61.3. The fraction of sp³-hybridized carbons (Fsp3) is 0.122. The molecule has 0 atom stereocenters. The smallest absolute Gasteiger partial charge is 0.431 e. The van der Waals surface area contributed by atoms with Crippen LogP contribution in [0.15, 0.2) is 198 Å². The SMILES string of the molecule is C=P1(NP2(=NS(=O)(=O)C(F)(F)F)Oc3c(-c4cc(C)cc(C)c4)cc4ccccc4c3-c3c(c(-c4cc(C)cc(C)c4)cc4ccccc34)O2)Oc2c(-c3cc(C)cc(C)c3)cc3ccccc3c2-c2c(c(-c3cc(C)cc(C)c3)cc3ccccc23)O1. The molecule has 0 bridgehead atoms. The normalized spacial score (nSPS) is 14.1. The van der Waals surface area contributed by atoms with Crippen molar-refractivity contribution in [3.05, 3.63) is 239 Å². The molecular formula is C74H59F3N2O6P2S. The number of nitrogens with zero attached hydrogens (tertiary/aromatic N) is 1. The summed E-state index contributed by atoms with van der Waals surface area (Å²) in [6.07, 6.45) is 4.86. The first-order valence-corrected chi connectivity index (χ1v) is 33.7. The molecule has 2 heterocycles. The van der Waals surface area contributed by atoms with Crippen molar-refractivity contribution < 1.29 is 39.7 Å². The lowest BCUT2D eigenvalue weighted by atomic mass is 9.86. The average molecular weight is 1220 g/mol. The highest BCUT2D eigenvalue weighted by molar-refractivity contribution is 7.94. The van der Waals surface area contributed by atoms with E-state index in [0.29, 0.717) is 66.4 Å². The van der Waals surface area contributed by atoms with Gasteiger partial charge in [0.15, 0.2) is 0 Å². The number of aryl methyl sites for hydroxylation is 8. The van der Waals surface area contributed by atoms with Crippen molar-refractivity contribution in [2.75, 3.05) is 0 Å². The minimum Gasteiger partial charge on any atom is -0.431 e. The maximum absolute atomic E-state index is 15.9. The number of hydrogen-bond acceptors (Lipinski definition) is 6. The lowest BCUT2D eigenvalue weighted by molar-refractivity contribution is -0.0435. The van der Waals surface area contributed by atoms with Gasteiger partial charge in [-0.15, -0.1) is 4.86 Å². The van der Waals surface area contributed by atoms with E-state index in [1.165, 1.54) is 0 Å². The van der Waals surface area contributed by atoms with E-state index in [-0.39, 0.29) is 23.0 Å². The van der Waals surface area contributed by atoms with E-state index in [0.717, 1.165) is 88.0 Å². The lowest BCUT2D eigenvalue weighted by Gasteiger charge is -2.33. The number of hydrogen-bond donors (Lipinski definition) is 1. The van der Waals surface area contributed by atoms with Gasteiger partial charge in [0, 0.05) is 44.5 Å². The number of alkyl halides is 3. The van der Waals surface area contributed by atoms with E-state index >= 15 is 13.2 Å². The third-order valence-corrected chi connectivity index (χ3v) is 22.7. The van der Waals surface area contributed by atoms with E-state index in [1.807, 2.05) is 213 Å². The summed E-state index contributed by atoms with van der Waals surface area (Å²) in [5, 5.41) is 6.12. The van der Waals surface area contributed by atoms with Gasteiger partial charge in [0.2, 0.25) is 0 Å². The van der Waals surface area contributed by atoms with Gasteiger partial charge in [-0.2, -0.15) is 21.6 Å². The first kappa shape index (κ1) is 56.9. The highest BCUT2D eigenvalue weighted by Gasteiger charge is 2.52. The number of nitrogens with one attached hydrogen (secondary N) is 1. The summed E-state index contributed by atoms with van der Waals surface area (Å²) in [4.78, 5) is 3.29. The van der Waals surface area contributed by atoms with Gasteiger partial charge < -0.3 is 18.1 Å². The van der Waals surface area contributed by atoms with Crippen LogP contribution in [0.4, 0.5) is 13.2 Å². The molecular weight excluding hydrogens is 1160 g/mol. The Balaban J connectivity index is 1.17. The Kier molecular flexibility index (Phi) is 13.5. The molecule has 88 heavy (non-hydrogen) atoms. The molecule has 0 radical (unpaired) electrons. The van der Waals surface area contributed by atoms with Gasteiger partial charge in [-0.3, -0.25) is 0 Å². The summed E-state index contributed by atoms with van der Waals surface area (Å²) >= 11 is 0. The zero-order valence-corrected chi connectivity index (χ0v) is 52.1. The second-order valence-electron chi connectivity index (χ2n) is 23.6. The fourth-order valence-corrected chi connectivity index (χ4v) is 19.5. The Hall–Kier alpha value is -8.89. The van der Waals surface area contributed by atoms with E-state index < -0.39 is 30.7 Å². The Morgan fingerprint density at radius 3 is 0.864 bits per heavy atom. The predicted octanol–water partition coefficient (Wildman–Crippen LogP) is 21.6. The van der Waals surface area contributed by atoms with E-state index in [4.69, 9.17) is 24.4 Å². The van der Waals surface area contributed by atoms with Crippen LogP contribution in [0.3, 0.4) is 0 Å². The third-order valence-electron chi connectivity index (χ3n) is 16.3. The number of rotatable bonds is 7. The summed E-state index contributed by atoms with van der Waals surface area (Å²) in [5.74, 6) is 0.575. The molecule has 0 aromatic heterocycles. The van der Waals surface area contributed by atoms with Crippen molar-refractivity contribution in [3.8, 4) is 89.8 Å². The molecule has 0 saturated carbocycles. The van der Waals surface area contributed by atoms with Crippen molar-refractivity contribution in [1.29, 1.82) is 0 Å². The average Bonchev–Trinajstić information content (AvgIpc) is 1.53. The van der Waals surface area contributed by atoms with Crippen LogP contribution in [0.25, 0.3) is 110 Å². The van der Waals surface area contributed by atoms with Gasteiger partial charge in [0.25, 0.3) is 7.49 Å². The molecule has 14 heteroatoms. The summed E-state index contributed by atoms with van der Waals surface area (Å²) in [6, 6.07) is 63.5. The Morgan fingerprint density at radius 1 is 0.375 bits per heavy atom. The van der Waals surface area contributed by atoms with Gasteiger partial charge in [-0.05, 0) is 151 Å². The van der Waals surface area contributed by atoms with Crippen molar-refractivity contribution in [2.45, 2.75) is 60.9 Å². The summed E-state index contributed by atoms with van der Waals surface area (Å²) in [6.45, 7) is 15.9. The molecule has 438 valence electrons. The largest absolute Gasteiger partial charge is 0.518 e. The zero-order valence-electron chi connectivity index (χ0n) is 49.5. The van der Waals surface area contributed by atoms with Crippen LogP contribution in [0.1, 0.15) is 44.5 Å². The Bertz CT molecular complexity index is 4880. The molecule has 0 amide bonds. The van der Waals surface area contributed by atoms with Crippen molar-refractivity contribution in [2.24, 2.45) is 4.15 Å². The maximum atomic E-state index is 15.9. The highest BCUT2D eigenvalue weighted by atomic mass is 32.2. The number of fused-ring (bicyclic) bond motifs is 14. The molecule has 0 spiro atoms. The molecule has 2 aliphatic heterocycles. The summed E-state index contributed by atoms with van der Waals surface area (Å²) < 4.78 is 112. The molecule has 0 aliphatic carbocycles. The summed E-state index contributed by atoms with van der Waals surface area (Å²) in [7, 11) is -16.7.